The van der Waals surface area contributed by atoms with Crippen LogP contribution in [0.3, 0.4) is 0 Å². The lowest BCUT2D eigenvalue weighted by Crippen LogP contribution is -2.54. The number of carbonyl (C=O) groups is 7. The number of amides is 4. The first-order valence-electron chi connectivity index (χ1n) is 8.41. The third-order valence-corrected chi connectivity index (χ3v) is 3.47. The lowest BCUT2D eigenvalue weighted by atomic mass is 10.1. The van der Waals surface area contributed by atoms with Crippen LogP contribution < -0.4 is 27.4 Å². The van der Waals surface area contributed by atoms with E-state index in [1.54, 1.807) is 0 Å². The van der Waals surface area contributed by atoms with Gasteiger partial charge in [-0.1, -0.05) is 0 Å². The van der Waals surface area contributed by atoms with Gasteiger partial charge in [-0.2, -0.15) is 0 Å². The molecule has 0 saturated carbocycles. The second-order valence-electron chi connectivity index (χ2n) is 6.04. The predicted octanol–water partition coefficient (Wildman–Crippen LogP) is -4.30. The van der Waals surface area contributed by atoms with Crippen molar-refractivity contribution in [1.29, 1.82) is 0 Å². The molecule has 4 amide bonds. The number of rotatable bonds is 14. The van der Waals surface area contributed by atoms with Gasteiger partial charge in [-0.25, -0.2) is 4.79 Å². The van der Waals surface area contributed by atoms with Crippen LogP contribution >= 0.6 is 0 Å². The number of hydrogen-bond acceptors (Lipinski definition) is 8. The van der Waals surface area contributed by atoms with Gasteiger partial charge in [-0.15, -0.1) is 0 Å². The topological polar surface area (TPSA) is 268 Å². The van der Waals surface area contributed by atoms with E-state index in [9.17, 15) is 33.6 Å². The molecule has 0 bridgehead atoms. The third kappa shape index (κ3) is 11.2. The van der Waals surface area contributed by atoms with Gasteiger partial charge in [0.15, 0.2) is 0 Å². The highest BCUT2D eigenvalue weighted by molar-refractivity contribution is 5.95. The molecule has 0 rings (SSSR count). The van der Waals surface area contributed by atoms with E-state index in [-0.39, 0.29) is 0 Å². The number of aliphatic carboxylic acids is 3. The van der Waals surface area contributed by atoms with Crippen molar-refractivity contribution in [3.05, 3.63) is 0 Å². The van der Waals surface area contributed by atoms with E-state index < -0.39 is 91.9 Å². The Kier molecular flexibility index (Phi) is 11.1. The van der Waals surface area contributed by atoms with Crippen LogP contribution in [0.15, 0.2) is 0 Å². The Bertz CT molecular complexity index is 710. The summed E-state index contributed by atoms with van der Waals surface area (Å²) in [4.78, 5) is 79.0. The Labute approximate surface area is 169 Å². The number of primary amides is 1. The number of carboxylic acids is 3. The molecule has 0 aromatic carbocycles. The van der Waals surface area contributed by atoms with Crippen LogP contribution in [0.25, 0.3) is 0 Å². The Hall–Kier alpha value is -3.75. The van der Waals surface area contributed by atoms with Gasteiger partial charge in [0.05, 0.1) is 25.4 Å². The van der Waals surface area contributed by atoms with Gasteiger partial charge in [-0.3, -0.25) is 28.8 Å². The molecule has 3 unspecified atom stereocenters. The van der Waals surface area contributed by atoms with Crippen molar-refractivity contribution in [2.24, 2.45) is 11.5 Å². The largest absolute Gasteiger partial charge is 0.481 e. The van der Waals surface area contributed by atoms with E-state index in [1.165, 1.54) is 0 Å². The van der Waals surface area contributed by atoms with Crippen molar-refractivity contribution in [2.45, 2.75) is 43.8 Å². The maximum absolute atomic E-state index is 12.1. The van der Waals surface area contributed by atoms with E-state index in [2.05, 4.69) is 0 Å². The third-order valence-electron chi connectivity index (χ3n) is 3.47. The summed E-state index contributed by atoms with van der Waals surface area (Å²) in [6.07, 6.45) is -2.35. The standard InChI is InChI=1S/C15H23N5O10/c16-6(3-12(25)26)13(27)20-8(4-9(17)21)14(28)18-5-10(22)19-7(15(29)30)1-2-11(23)24/h6-8H,1-5,16H2,(H2,17,21)(H,18,28)(H,19,22)(H,20,27)(H,23,24)(H,25,26)(H,29,30). The molecule has 3 atom stereocenters. The van der Waals surface area contributed by atoms with Gasteiger partial charge in [-0.05, 0) is 6.42 Å². The molecule has 0 aliphatic heterocycles. The molecule has 15 heteroatoms. The highest BCUT2D eigenvalue weighted by Crippen LogP contribution is 1.99. The first-order chi connectivity index (χ1) is 13.8. The lowest BCUT2D eigenvalue weighted by molar-refractivity contribution is -0.143. The normalized spacial score (nSPS) is 13.2. The number of carboxylic acid groups (broad SMARTS) is 3. The number of hydrogen-bond donors (Lipinski definition) is 8. The van der Waals surface area contributed by atoms with Crippen molar-refractivity contribution >= 4 is 41.5 Å². The quantitative estimate of drug-likeness (QED) is 0.130. The van der Waals surface area contributed by atoms with E-state index in [4.69, 9.17) is 26.8 Å². The van der Waals surface area contributed by atoms with Gasteiger partial charge in [0.2, 0.25) is 23.6 Å². The average Bonchev–Trinajstić information content (AvgIpc) is 2.60. The Morgan fingerprint density at radius 1 is 0.800 bits per heavy atom. The monoisotopic (exact) mass is 433 g/mol. The van der Waals surface area contributed by atoms with Crippen molar-refractivity contribution in [1.82, 2.24) is 16.0 Å². The fourth-order valence-electron chi connectivity index (χ4n) is 2.03. The van der Waals surface area contributed by atoms with E-state index >= 15 is 0 Å². The highest BCUT2D eigenvalue weighted by Gasteiger charge is 2.27. The molecule has 15 nitrogen and oxygen atoms in total. The number of carbonyl (C=O) groups excluding carboxylic acids is 4. The zero-order chi connectivity index (χ0) is 23.4. The first kappa shape index (κ1) is 26.2. The van der Waals surface area contributed by atoms with Crippen molar-refractivity contribution in [3.8, 4) is 0 Å². The van der Waals surface area contributed by atoms with Crippen LogP contribution in [-0.4, -0.2) is 81.5 Å². The Balaban J connectivity index is 4.87. The summed E-state index contributed by atoms with van der Waals surface area (Å²) in [5.74, 6) is -8.20. The molecular formula is C15H23N5O10. The van der Waals surface area contributed by atoms with Gasteiger partial charge in [0, 0.05) is 6.42 Å². The fourth-order valence-corrected chi connectivity index (χ4v) is 2.03. The molecule has 0 aliphatic carbocycles. The summed E-state index contributed by atoms with van der Waals surface area (Å²) < 4.78 is 0. The smallest absolute Gasteiger partial charge is 0.326 e. The van der Waals surface area contributed by atoms with E-state index in [0.29, 0.717) is 0 Å². The Morgan fingerprint density at radius 3 is 1.87 bits per heavy atom. The fraction of sp³-hybridized carbons (Fsp3) is 0.533. The van der Waals surface area contributed by atoms with Crippen LogP contribution in [0.5, 0.6) is 0 Å². The van der Waals surface area contributed by atoms with Crippen LogP contribution in [0.2, 0.25) is 0 Å². The number of nitrogens with one attached hydrogen (secondary N) is 3. The summed E-state index contributed by atoms with van der Waals surface area (Å²) in [5, 5.41) is 32.2. The molecular weight excluding hydrogens is 410 g/mol. The summed E-state index contributed by atoms with van der Waals surface area (Å²) >= 11 is 0. The molecule has 0 spiro atoms. The van der Waals surface area contributed by atoms with Crippen LogP contribution in [0.1, 0.15) is 25.7 Å². The molecule has 0 aromatic heterocycles. The maximum atomic E-state index is 12.1. The zero-order valence-corrected chi connectivity index (χ0v) is 15.6. The van der Waals surface area contributed by atoms with Gasteiger partial charge in [0.25, 0.3) is 0 Å². The molecule has 0 heterocycles. The SMILES string of the molecule is NC(=O)CC(NC(=O)C(N)CC(=O)O)C(=O)NCC(=O)NC(CCC(=O)O)C(=O)O. The number of nitrogens with two attached hydrogens (primary N) is 2. The van der Waals surface area contributed by atoms with E-state index in [0.717, 1.165) is 0 Å². The van der Waals surface area contributed by atoms with Gasteiger partial charge >= 0.3 is 17.9 Å². The van der Waals surface area contributed by atoms with Crippen molar-refractivity contribution in [3.63, 3.8) is 0 Å². The van der Waals surface area contributed by atoms with Gasteiger partial charge in [0.1, 0.15) is 12.1 Å². The maximum Gasteiger partial charge on any atom is 0.326 e. The first-order valence-corrected chi connectivity index (χ1v) is 8.41. The summed E-state index contributed by atoms with van der Waals surface area (Å²) in [7, 11) is 0. The van der Waals surface area contributed by atoms with E-state index in [1.807, 2.05) is 16.0 Å². The van der Waals surface area contributed by atoms with Crippen LogP contribution in [0, 0.1) is 0 Å². The van der Waals surface area contributed by atoms with Crippen molar-refractivity contribution < 1.29 is 48.9 Å². The summed E-state index contributed by atoms with van der Waals surface area (Å²) in [5.41, 5.74) is 10.3. The molecule has 0 aromatic rings. The molecule has 0 radical (unpaired) electrons. The molecule has 168 valence electrons. The minimum Gasteiger partial charge on any atom is -0.481 e. The van der Waals surface area contributed by atoms with Crippen molar-refractivity contribution in [2.75, 3.05) is 6.54 Å². The summed E-state index contributed by atoms with van der Waals surface area (Å²) in [6, 6.07) is -4.59. The molecule has 0 saturated heterocycles. The predicted molar refractivity (Wildman–Crippen MR) is 95.4 cm³/mol. The minimum absolute atomic E-state index is 0.397. The molecule has 10 N–H and O–H groups in total. The Morgan fingerprint density at radius 2 is 1.40 bits per heavy atom. The average molecular weight is 433 g/mol. The second-order valence-corrected chi connectivity index (χ2v) is 6.04. The molecule has 30 heavy (non-hydrogen) atoms. The van der Waals surface area contributed by atoms with Crippen LogP contribution in [-0.2, 0) is 33.6 Å². The van der Waals surface area contributed by atoms with Gasteiger partial charge < -0.3 is 42.7 Å². The minimum atomic E-state index is -1.56. The second kappa shape index (κ2) is 12.7. The highest BCUT2D eigenvalue weighted by atomic mass is 16.4. The molecule has 0 fully saturated rings. The lowest BCUT2D eigenvalue weighted by Gasteiger charge is -2.19. The zero-order valence-electron chi connectivity index (χ0n) is 15.6. The summed E-state index contributed by atoms with van der Waals surface area (Å²) in [6.45, 7) is -0.762. The molecule has 0 aliphatic rings. The van der Waals surface area contributed by atoms with Crippen LogP contribution in [0.4, 0.5) is 0 Å².